The smallest absolute Gasteiger partial charge is 0.193 e. The van der Waals surface area contributed by atoms with Crippen molar-refractivity contribution in [2.45, 2.75) is 32.7 Å². The van der Waals surface area contributed by atoms with Crippen molar-refractivity contribution in [2.75, 3.05) is 6.54 Å². The first-order valence-corrected chi connectivity index (χ1v) is 8.42. The molecular formula is C17H21N3S. The van der Waals surface area contributed by atoms with Gasteiger partial charge in [0.25, 0.3) is 0 Å². The third-order valence-corrected chi connectivity index (χ3v) is 4.59. The average Bonchev–Trinajstić information content (AvgIpc) is 3.08. The maximum absolute atomic E-state index is 4.72. The van der Waals surface area contributed by atoms with Gasteiger partial charge < -0.3 is 5.32 Å². The Morgan fingerprint density at radius 2 is 2.14 bits per heavy atom. The van der Waals surface area contributed by atoms with E-state index in [0.717, 1.165) is 30.0 Å². The van der Waals surface area contributed by atoms with Crippen LogP contribution in [-0.4, -0.2) is 15.9 Å². The standard InChI is InChI=1S/C17H21N3S/c1-3-13-7-5-6-8-15(13)16(18-4-2)11-14-12-20-9-10-21-17(20)19-14/h5-10,12,16,18H,3-4,11H2,1-2H3. The molecule has 1 N–H and O–H groups in total. The van der Waals surface area contributed by atoms with Crippen molar-refractivity contribution in [3.05, 3.63) is 58.9 Å². The van der Waals surface area contributed by atoms with Crippen molar-refractivity contribution >= 4 is 16.3 Å². The fourth-order valence-electron chi connectivity index (χ4n) is 2.82. The quantitative estimate of drug-likeness (QED) is 0.749. The molecule has 0 saturated carbocycles. The highest BCUT2D eigenvalue weighted by atomic mass is 32.1. The molecule has 21 heavy (non-hydrogen) atoms. The van der Waals surface area contributed by atoms with E-state index in [1.165, 1.54) is 11.1 Å². The Morgan fingerprint density at radius 3 is 2.90 bits per heavy atom. The van der Waals surface area contributed by atoms with E-state index < -0.39 is 0 Å². The molecule has 0 aliphatic carbocycles. The van der Waals surface area contributed by atoms with Crippen molar-refractivity contribution in [1.82, 2.24) is 14.7 Å². The lowest BCUT2D eigenvalue weighted by Gasteiger charge is -2.20. The number of thiazole rings is 1. The number of aromatic nitrogens is 2. The van der Waals surface area contributed by atoms with E-state index in [9.17, 15) is 0 Å². The molecule has 0 radical (unpaired) electrons. The molecule has 1 unspecified atom stereocenters. The molecule has 0 fully saturated rings. The number of hydrogen-bond donors (Lipinski definition) is 1. The number of nitrogens with one attached hydrogen (secondary N) is 1. The Hall–Kier alpha value is -1.65. The second kappa shape index (κ2) is 6.41. The van der Waals surface area contributed by atoms with Gasteiger partial charge in [0.15, 0.2) is 4.96 Å². The van der Waals surface area contributed by atoms with Gasteiger partial charge in [-0.1, -0.05) is 38.1 Å². The van der Waals surface area contributed by atoms with E-state index in [1.807, 2.05) is 0 Å². The summed E-state index contributed by atoms with van der Waals surface area (Å²) in [5.74, 6) is 0. The van der Waals surface area contributed by atoms with Crippen LogP contribution in [0.2, 0.25) is 0 Å². The predicted molar refractivity (Wildman–Crippen MR) is 89.0 cm³/mol. The lowest BCUT2D eigenvalue weighted by molar-refractivity contribution is 0.541. The lowest BCUT2D eigenvalue weighted by atomic mass is 9.95. The van der Waals surface area contributed by atoms with Gasteiger partial charge in [0, 0.05) is 30.2 Å². The number of fused-ring (bicyclic) bond motifs is 1. The zero-order valence-electron chi connectivity index (χ0n) is 12.5. The number of aryl methyl sites for hydroxylation is 1. The molecule has 0 aliphatic rings. The largest absolute Gasteiger partial charge is 0.310 e. The molecule has 2 heterocycles. The van der Waals surface area contributed by atoms with Crippen molar-refractivity contribution in [3.63, 3.8) is 0 Å². The van der Waals surface area contributed by atoms with Gasteiger partial charge in [-0.2, -0.15) is 0 Å². The fourth-order valence-corrected chi connectivity index (χ4v) is 3.54. The fraction of sp³-hybridized carbons (Fsp3) is 0.353. The molecule has 0 amide bonds. The molecule has 3 nitrogen and oxygen atoms in total. The van der Waals surface area contributed by atoms with Crippen LogP contribution in [0.1, 0.15) is 36.7 Å². The molecule has 0 bridgehead atoms. The van der Waals surface area contributed by atoms with Gasteiger partial charge in [0.1, 0.15) is 0 Å². The van der Waals surface area contributed by atoms with E-state index in [1.54, 1.807) is 11.3 Å². The van der Waals surface area contributed by atoms with Crippen LogP contribution in [0.3, 0.4) is 0 Å². The van der Waals surface area contributed by atoms with Gasteiger partial charge in [-0.3, -0.25) is 4.40 Å². The SMILES string of the molecule is CCNC(Cc1cn2ccsc2n1)c1ccccc1CC. The number of imidazole rings is 1. The van der Waals surface area contributed by atoms with Crippen LogP contribution in [-0.2, 0) is 12.8 Å². The topological polar surface area (TPSA) is 29.3 Å². The number of benzene rings is 1. The molecular weight excluding hydrogens is 278 g/mol. The monoisotopic (exact) mass is 299 g/mol. The first kappa shape index (κ1) is 14.3. The molecule has 1 atom stereocenters. The molecule has 4 heteroatoms. The molecule has 0 spiro atoms. The van der Waals surface area contributed by atoms with Crippen LogP contribution in [0.5, 0.6) is 0 Å². The number of hydrogen-bond acceptors (Lipinski definition) is 3. The minimum atomic E-state index is 0.329. The summed E-state index contributed by atoms with van der Waals surface area (Å²) in [6.07, 6.45) is 6.21. The zero-order valence-corrected chi connectivity index (χ0v) is 13.4. The van der Waals surface area contributed by atoms with Crippen LogP contribution in [0, 0.1) is 0 Å². The zero-order chi connectivity index (χ0) is 14.7. The van der Waals surface area contributed by atoms with Gasteiger partial charge >= 0.3 is 0 Å². The van der Waals surface area contributed by atoms with Crippen LogP contribution in [0.15, 0.2) is 42.0 Å². The van der Waals surface area contributed by atoms with Gasteiger partial charge in [-0.05, 0) is 24.1 Å². The van der Waals surface area contributed by atoms with Crippen LogP contribution in [0.4, 0.5) is 0 Å². The van der Waals surface area contributed by atoms with Crippen molar-refractivity contribution in [3.8, 4) is 0 Å². The summed E-state index contributed by atoms with van der Waals surface area (Å²) in [6.45, 7) is 5.34. The third kappa shape index (κ3) is 3.01. The van der Waals surface area contributed by atoms with Crippen LogP contribution >= 0.6 is 11.3 Å². The minimum Gasteiger partial charge on any atom is -0.310 e. The van der Waals surface area contributed by atoms with E-state index in [-0.39, 0.29) is 0 Å². The lowest BCUT2D eigenvalue weighted by Crippen LogP contribution is -2.24. The summed E-state index contributed by atoms with van der Waals surface area (Å²) in [5.41, 5.74) is 3.97. The summed E-state index contributed by atoms with van der Waals surface area (Å²) in [5, 5.41) is 5.68. The summed E-state index contributed by atoms with van der Waals surface area (Å²) >= 11 is 1.68. The highest BCUT2D eigenvalue weighted by Crippen LogP contribution is 2.23. The first-order valence-electron chi connectivity index (χ1n) is 7.54. The molecule has 0 aliphatic heterocycles. The molecule has 1 aromatic carbocycles. The van der Waals surface area contributed by atoms with Crippen LogP contribution in [0.25, 0.3) is 4.96 Å². The number of nitrogens with zero attached hydrogens (tertiary/aromatic N) is 2. The first-order chi connectivity index (χ1) is 10.3. The Balaban J connectivity index is 1.88. The molecule has 0 saturated heterocycles. The van der Waals surface area contributed by atoms with Gasteiger partial charge in [0.2, 0.25) is 0 Å². The second-order valence-corrected chi connectivity index (χ2v) is 6.06. The molecule has 3 rings (SSSR count). The summed E-state index contributed by atoms with van der Waals surface area (Å²) in [4.78, 5) is 5.79. The predicted octanol–water partition coefficient (Wildman–Crippen LogP) is 3.85. The van der Waals surface area contributed by atoms with E-state index in [0.29, 0.717) is 6.04 Å². The van der Waals surface area contributed by atoms with Crippen molar-refractivity contribution < 1.29 is 0 Å². The molecule has 3 aromatic rings. The van der Waals surface area contributed by atoms with Gasteiger partial charge in [-0.25, -0.2) is 4.98 Å². The Morgan fingerprint density at radius 1 is 1.29 bits per heavy atom. The number of rotatable bonds is 6. The summed E-state index contributed by atoms with van der Waals surface area (Å²) in [7, 11) is 0. The number of likely N-dealkylation sites (N-methyl/N-ethyl adjacent to an activating group) is 1. The van der Waals surface area contributed by atoms with Crippen LogP contribution < -0.4 is 5.32 Å². The highest BCUT2D eigenvalue weighted by molar-refractivity contribution is 7.15. The normalized spacial score (nSPS) is 12.9. The third-order valence-electron chi connectivity index (χ3n) is 3.82. The minimum absolute atomic E-state index is 0.329. The van der Waals surface area contributed by atoms with Crippen molar-refractivity contribution in [2.24, 2.45) is 0 Å². The highest BCUT2D eigenvalue weighted by Gasteiger charge is 2.16. The summed E-state index contributed by atoms with van der Waals surface area (Å²) < 4.78 is 2.11. The van der Waals surface area contributed by atoms with E-state index in [4.69, 9.17) is 4.98 Å². The molecule has 2 aromatic heterocycles. The van der Waals surface area contributed by atoms with E-state index in [2.05, 4.69) is 65.6 Å². The molecule has 110 valence electrons. The Kier molecular flexibility index (Phi) is 4.36. The maximum atomic E-state index is 4.72. The average molecular weight is 299 g/mol. The van der Waals surface area contributed by atoms with Crippen molar-refractivity contribution in [1.29, 1.82) is 0 Å². The maximum Gasteiger partial charge on any atom is 0.193 e. The Bertz CT molecular complexity index is 685. The summed E-state index contributed by atoms with van der Waals surface area (Å²) in [6, 6.07) is 9.05. The van der Waals surface area contributed by atoms with Gasteiger partial charge in [0.05, 0.1) is 5.69 Å². The Labute approximate surface area is 129 Å². The van der Waals surface area contributed by atoms with E-state index >= 15 is 0 Å². The second-order valence-electron chi connectivity index (χ2n) is 5.19. The van der Waals surface area contributed by atoms with Gasteiger partial charge in [-0.15, -0.1) is 11.3 Å².